The van der Waals surface area contributed by atoms with Crippen LogP contribution in [0.1, 0.15) is 21.5 Å². The second-order valence-corrected chi connectivity index (χ2v) is 8.03. The molecule has 0 aliphatic carbocycles. The predicted octanol–water partition coefficient (Wildman–Crippen LogP) is 4.31. The van der Waals surface area contributed by atoms with Gasteiger partial charge in [-0.25, -0.2) is 9.78 Å². The summed E-state index contributed by atoms with van der Waals surface area (Å²) >= 11 is 0. The van der Waals surface area contributed by atoms with Crippen LogP contribution in [0.4, 0.5) is 0 Å². The number of fused-ring (bicyclic) bond motifs is 3. The summed E-state index contributed by atoms with van der Waals surface area (Å²) in [5.74, 6) is -0.374. The van der Waals surface area contributed by atoms with Gasteiger partial charge in [0.05, 0.1) is 42.6 Å². The van der Waals surface area contributed by atoms with Gasteiger partial charge in [-0.05, 0) is 30.7 Å². The van der Waals surface area contributed by atoms with Crippen molar-refractivity contribution in [3.05, 3.63) is 65.2 Å². The van der Waals surface area contributed by atoms with Crippen LogP contribution >= 0.6 is 0 Å². The first kappa shape index (κ1) is 19.7. The molecule has 0 bridgehead atoms. The molecule has 31 heavy (non-hydrogen) atoms. The minimum atomic E-state index is -0.374. The van der Waals surface area contributed by atoms with Crippen molar-refractivity contribution in [2.75, 3.05) is 33.4 Å². The van der Waals surface area contributed by atoms with E-state index in [0.717, 1.165) is 66.1 Å². The number of benzene rings is 2. The Morgan fingerprint density at radius 3 is 2.77 bits per heavy atom. The van der Waals surface area contributed by atoms with Crippen molar-refractivity contribution < 1.29 is 14.3 Å². The van der Waals surface area contributed by atoms with Crippen LogP contribution in [0.2, 0.25) is 0 Å². The lowest BCUT2D eigenvalue weighted by Crippen LogP contribution is -2.35. The molecule has 1 aliphatic heterocycles. The van der Waals surface area contributed by atoms with Crippen LogP contribution in [0.5, 0.6) is 0 Å². The number of nitrogens with one attached hydrogen (secondary N) is 1. The zero-order valence-electron chi connectivity index (χ0n) is 17.8. The van der Waals surface area contributed by atoms with Gasteiger partial charge in [-0.15, -0.1) is 0 Å². The maximum Gasteiger partial charge on any atom is 0.340 e. The van der Waals surface area contributed by atoms with E-state index in [1.54, 1.807) is 0 Å². The van der Waals surface area contributed by atoms with Gasteiger partial charge < -0.3 is 14.5 Å². The van der Waals surface area contributed by atoms with Crippen molar-refractivity contribution in [3.63, 3.8) is 0 Å². The van der Waals surface area contributed by atoms with Gasteiger partial charge in [0.2, 0.25) is 0 Å². The molecule has 0 spiro atoms. The Morgan fingerprint density at radius 1 is 1.16 bits per heavy atom. The van der Waals surface area contributed by atoms with Gasteiger partial charge in [-0.1, -0.05) is 35.9 Å². The third-order valence-corrected chi connectivity index (χ3v) is 5.85. The SMILES string of the molecule is COC(=O)c1cc(-c2cccc(C)c2)nc2c1[nH]c1cc(CN3CCOCC3)ccc12. The molecule has 0 atom stereocenters. The van der Waals surface area contributed by atoms with Crippen molar-refractivity contribution in [2.24, 2.45) is 0 Å². The number of hydrogen-bond donors (Lipinski definition) is 1. The molecule has 1 aliphatic rings. The highest BCUT2D eigenvalue weighted by atomic mass is 16.5. The Balaban J connectivity index is 1.63. The lowest BCUT2D eigenvalue weighted by molar-refractivity contribution is 0.0342. The first-order valence-electron chi connectivity index (χ1n) is 10.5. The number of nitrogens with zero attached hydrogens (tertiary/aromatic N) is 2. The van der Waals surface area contributed by atoms with Crippen LogP contribution in [0.3, 0.4) is 0 Å². The van der Waals surface area contributed by atoms with Crippen molar-refractivity contribution in [2.45, 2.75) is 13.5 Å². The molecule has 1 N–H and O–H groups in total. The molecule has 158 valence electrons. The number of morpholine rings is 1. The number of aromatic amines is 1. The third kappa shape index (κ3) is 3.80. The molecule has 6 heteroatoms. The summed E-state index contributed by atoms with van der Waals surface area (Å²) in [5.41, 5.74) is 7.06. The quantitative estimate of drug-likeness (QED) is 0.503. The Labute approximate surface area is 180 Å². The Hall–Kier alpha value is -3.22. The van der Waals surface area contributed by atoms with Gasteiger partial charge in [0.15, 0.2) is 0 Å². The first-order chi connectivity index (χ1) is 15.1. The molecule has 4 aromatic rings. The number of ether oxygens (including phenoxy) is 2. The zero-order chi connectivity index (χ0) is 21.4. The van der Waals surface area contributed by atoms with Crippen LogP contribution in [0, 0.1) is 6.92 Å². The number of esters is 1. The Kier molecular flexibility index (Phi) is 5.18. The number of hydrogen-bond acceptors (Lipinski definition) is 5. The molecule has 0 unspecified atom stereocenters. The summed E-state index contributed by atoms with van der Waals surface area (Å²) in [7, 11) is 1.41. The fourth-order valence-electron chi connectivity index (χ4n) is 4.24. The standard InChI is InChI=1S/C25H25N3O3/c1-16-4-3-5-18(12-16)21-14-20(25(29)30-2)24-23(26-21)19-7-6-17(13-22(19)27-24)15-28-8-10-31-11-9-28/h3-7,12-14,27H,8-11,15H2,1-2H3. The van der Waals surface area contributed by atoms with Crippen molar-refractivity contribution in [3.8, 4) is 11.3 Å². The number of methoxy groups -OCH3 is 1. The Bertz CT molecular complexity index is 1270. The largest absolute Gasteiger partial charge is 0.465 e. The second kappa shape index (κ2) is 8.13. The van der Waals surface area contributed by atoms with E-state index in [2.05, 4.69) is 34.1 Å². The average molecular weight is 415 g/mol. The molecule has 1 saturated heterocycles. The Morgan fingerprint density at radius 2 is 2.00 bits per heavy atom. The number of pyridine rings is 1. The molecular weight excluding hydrogens is 390 g/mol. The smallest absolute Gasteiger partial charge is 0.340 e. The van der Waals surface area contributed by atoms with E-state index >= 15 is 0 Å². The lowest BCUT2D eigenvalue weighted by Gasteiger charge is -2.26. The number of carbonyl (C=O) groups excluding carboxylic acids is 1. The molecular formula is C25H25N3O3. The number of aromatic nitrogens is 2. The normalized spacial score (nSPS) is 14.9. The van der Waals surface area contributed by atoms with Gasteiger partial charge in [0.1, 0.15) is 0 Å². The maximum atomic E-state index is 12.6. The van der Waals surface area contributed by atoms with Crippen molar-refractivity contribution >= 4 is 27.9 Å². The fraction of sp³-hybridized carbons (Fsp3) is 0.280. The zero-order valence-corrected chi connectivity index (χ0v) is 17.8. The van der Waals surface area contributed by atoms with Crippen molar-refractivity contribution in [1.82, 2.24) is 14.9 Å². The molecule has 2 aromatic heterocycles. The lowest BCUT2D eigenvalue weighted by atomic mass is 10.0. The summed E-state index contributed by atoms with van der Waals surface area (Å²) in [6, 6.07) is 16.3. The molecule has 2 aromatic carbocycles. The average Bonchev–Trinajstić information content (AvgIpc) is 3.16. The molecule has 3 heterocycles. The molecule has 1 fully saturated rings. The third-order valence-electron chi connectivity index (χ3n) is 5.85. The molecule has 0 radical (unpaired) electrons. The number of aryl methyl sites for hydroxylation is 1. The summed E-state index contributed by atoms with van der Waals surface area (Å²) in [6.45, 7) is 6.37. The molecule has 5 rings (SSSR count). The summed E-state index contributed by atoms with van der Waals surface area (Å²) in [4.78, 5) is 23.3. The molecule has 6 nitrogen and oxygen atoms in total. The summed E-state index contributed by atoms with van der Waals surface area (Å²) < 4.78 is 10.5. The van der Waals surface area contributed by atoms with E-state index in [9.17, 15) is 4.79 Å². The minimum absolute atomic E-state index is 0.374. The van der Waals surface area contributed by atoms with E-state index in [0.29, 0.717) is 11.1 Å². The second-order valence-electron chi connectivity index (χ2n) is 8.03. The van der Waals surface area contributed by atoms with Crippen molar-refractivity contribution in [1.29, 1.82) is 0 Å². The maximum absolute atomic E-state index is 12.6. The van der Waals surface area contributed by atoms with Crippen LogP contribution in [-0.2, 0) is 16.0 Å². The number of carbonyl (C=O) groups is 1. The van der Waals surface area contributed by atoms with Crippen LogP contribution in [0.25, 0.3) is 33.2 Å². The first-order valence-corrected chi connectivity index (χ1v) is 10.5. The van der Waals surface area contributed by atoms with E-state index in [1.165, 1.54) is 12.7 Å². The highest BCUT2D eigenvalue weighted by molar-refractivity contribution is 6.13. The van der Waals surface area contributed by atoms with Crippen LogP contribution < -0.4 is 0 Å². The van der Waals surface area contributed by atoms with Gasteiger partial charge >= 0.3 is 5.97 Å². The minimum Gasteiger partial charge on any atom is -0.465 e. The van der Waals surface area contributed by atoms with Gasteiger partial charge in [0.25, 0.3) is 0 Å². The van der Waals surface area contributed by atoms with E-state index in [4.69, 9.17) is 14.5 Å². The monoisotopic (exact) mass is 415 g/mol. The number of rotatable bonds is 4. The molecule has 0 amide bonds. The van der Waals surface area contributed by atoms with E-state index in [1.807, 2.05) is 31.2 Å². The number of H-pyrrole nitrogens is 1. The highest BCUT2D eigenvalue weighted by Gasteiger charge is 2.19. The van der Waals surface area contributed by atoms with E-state index < -0.39 is 0 Å². The van der Waals surface area contributed by atoms with E-state index in [-0.39, 0.29) is 5.97 Å². The summed E-state index contributed by atoms with van der Waals surface area (Å²) in [5, 5.41) is 1.00. The highest BCUT2D eigenvalue weighted by Crippen LogP contribution is 2.31. The van der Waals surface area contributed by atoms with Gasteiger partial charge in [0, 0.05) is 36.1 Å². The molecule has 0 saturated carbocycles. The predicted molar refractivity (Wildman–Crippen MR) is 121 cm³/mol. The fourth-order valence-corrected chi connectivity index (χ4v) is 4.24. The van der Waals surface area contributed by atoms with Gasteiger partial charge in [-0.3, -0.25) is 4.90 Å². The van der Waals surface area contributed by atoms with Crippen LogP contribution in [0.15, 0.2) is 48.5 Å². The van der Waals surface area contributed by atoms with Crippen LogP contribution in [-0.4, -0.2) is 54.3 Å². The van der Waals surface area contributed by atoms with Gasteiger partial charge in [-0.2, -0.15) is 0 Å². The summed E-state index contributed by atoms with van der Waals surface area (Å²) in [6.07, 6.45) is 0. The topological polar surface area (TPSA) is 67.5 Å².